The molecule has 0 spiro atoms. The third-order valence-electron chi connectivity index (χ3n) is 9.07. The number of primary amides is 1. The number of allylic oxidation sites excluding steroid dienone is 2. The minimum Gasteiger partial charge on any atom is -0.491 e. The largest absolute Gasteiger partial charge is 0.491 e. The number of anilines is 1. The van der Waals surface area contributed by atoms with Gasteiger partial charge in [0.15, 0.2) is 11.4 Å². The molecule has 0 aliphatic heterocycles. The van der Waals surface area contributed by atoms with Gasteiger partial charge in [-0.25, -0.2) is 15.0 Å². The number of rotatable bonds is 15. The number of Topliss-reactive ketones (excluding diaryl/α,β-unsaturated/α-hetero) is 1. The van der Waals surface area contributed by atoms with Gasteiger partial charge in [0.05, 0.1) is 35.4 Å². The summed E-state index contributed by atoms with van der Waals surface area (Å²) in [5.74, 6) is 0.715. The molecule has 3 N–H and O–H groups in total. The summed E-state index contributed by atoms with van der Waals surface area (Å²) in [4.78, 5) is 53.3. The van der Waals surface area contributed by atoms with Crippen LogP contribution >= 0.6 is 0 Å². The molecule has 5 aromatic heterocycles. The number of ether oxygens (including phenoxy) is 1. The SMILES string of the molecule is CCn1nc(C)cc1C(=O)Cc1nc2ncccc2n1C/C=C/Cn1c(NC(=O)c2cc(C)nn2CC)nc2cc(C(N)=O)cc(OCC3CC3)c21. The Hall–Kier alpha value is -6.12. The lowest BCUT2D eigenvalue weighted by Gasteiger charge is -2.13. The molecule has 1 fully saturated rings. The van der Waals surface area contributed by atoms with E-state index in [1.54, 1.807) is 39.8 Å². The number of fused-ring (bicyclic) bond motifs is 2. The minimum atomic E-state index is -0.605. The van der Waals surface area contributed by atoms with Gasteiger partial charge in [-0.1, -0.05) is 12.2 Å². The van der Waals surface area contributed by atoms with E-state index < -0.39 is 5.91 Å². The molecule has 0 radical (unpaired) electrons. The lowest BCUT2D eigenvalue weighted by atomic mass is 10.1. The summed E-state index contributed by atoms with van der Waals surface area (Å²) in [5.41, 5.74) is 10.8. The Morgan fingerprint density at radius 2 is 1.63 bits per heavy atom. The molecule has 268 valence electrons. The van der Waals surface area contributed by atoms with Crippen LogP contribution in [0.25, 0.3) is 22.2 Å². The second-order valence-electron chi connectivity index (χ2n) is 13.0. The van der Waals surface area contributed by atoms with Crippen molar-refractivity contribution in [1.82, 2.24) is 43.6 Å². The van der Waals surface area contributed by atoms with Crippen LogP contribution in [0, 0.1) is 19.8 Å². The van der Waals surface area contributed by atoms with Crippen LogP contribution in [0.3, 0.4) is 0 Å². The predicted octanol–water partition coefficient (Wildman–Crippen LogP) is 4.65. The Labute approximate surface area is 299 Å². The summed E-state index contributed by atoms with van der Waals surface area (Å²) in [7, 11) is 0. The maximum atomic E-state index is 13.6. The van der Waals surface area contributed by atoms with Gasteiger partial charge in [0.1, 0.15) is 28.5 Å². The van der Waals surface area contributed by atoms with Crippen molar-refractivity contribution in [2.75, 3.05) is 11.9 Å². The maximum Gasteiger partial charge on any atom is 0.276 e. The Balaban J connectivity index is 1.22. The second-order valence-corrected chi connectivity index (χ2v) is 13.0. The number of aryl methyl sites for hydroxylation is 4. The van der Waals surface area contributed by atoms with E-state index in [0.717, 1.165) is 29.7 Å². The summed E-state index contributed by atoms with van der Waals surface area (Å²) in [6, 6.07) is 10.5. The van der Waals surface area contributed by atoms with Crippen molar-refractivity contribution in [3.8, 4) is 5.75 Å². The molecule has 1 aliphatic rings. The van der Waals surface area contributed by atoms with E-state index in [2.05, 4.69) is 20.5 Å². The number of aromatic nitrogens is 9. The molecule has 6 aromatic rings. The number of imidazole rings is 2. The molecule has 0 saturated heterocycles. The number of nitrogens with zero attached hydrogens (tertiary/aromatic N) is 9. The van der Waals surface area contributed by atoms with Crippen molar-refractivity contribution in [3.05, 3.63) is 88.9 Å². The zero-order valence-electron chi connectivity index (χ0n) is 29.7. The summed E-state index contributed by atoms with van der Waals surface area (Å²) < 4.78 is 13.4. The first kappa shape index (κ1) is 34.3. The molecule has 52 heavy (non-hydrogen) atoms. The van der Waals surface area contributed by atoms with Crippen LogP contribution < -0.4 is 15.8 Å². The van der Waals surface area contributed by atoms with Gasteiger partial charge in [0.2, 0.25) is 11.9 Å². The highest BCUT2D eigenvalue weighted by Gasteiger charge is 2.25. The average Bonchev–Trinajstić information content (AvgIpc) is 3.41. The van der Waals surface area contributed by atoms with E-state index in [0.29, 0.717) is 78.3 Å². The van der Waals surface area contributed by atoms with E-state index in [1.165, 1.54) is 0 Å². The number of ketones is 1. The summed E-state index contributed by atoms with van der Waals surface area (Å²) in [6.07, 6.45) is 7.85. The van der Waals surface area contributed by atoms with Gasteiger partial charge in [-0.15, -0.1) is 0 Å². The van der Waals surface area contributed by atoms with E-state index >= 15 is 0 Å². The fourth-order valence-electron chi connectivity index (χ4n) is 6.33. The van der Waals surface area contributed by atoms with Gasteiger partial charge in [-0.2, -0.15) is 10.2 Å². The molecule has 15 heteroatoms. The average molecular weight is 704 g/mol. The molecular weight excluding hydrogens is 662 g/mol. The number of carbonyl (C=O) groups excluding carboxylic acids is 3. The molecule has 1 saturated carbocycles. The van der Waals surface area contributed by atoms with Crippen molar-refractivity contribution in [2.24, 2.45) is 11.7 Å². The summed E-state index contributed by atoms with van der Waals surface area (Å²) in [6.45, 7) is 9.86. The quantitative estimate of drug-likeness (QED) is 0.114. The number of hydrogen-bond donors (Lipinski definition) is 2. The Kier molecular flexibility index (Phi) is 9.41. The lowest BCUT2D eigenvalue weighted by Crippen LogP contribution is -2.20. The molecule has 1 aromatic carbocycles. The first-order valence-corrected chi connectivity index (χ1v) is 17.5. The molecular formula is C37H41N11O4. The first-order valence-electron chi connectivity index (χ1n) is 17.5. The van der Waals surface area contributed by atoms with Crippen LogP contribution in [-0.2, 0) is 32.6 Å². The highest BCUT2D eigenvalue weighted by Crippen LogP contribution is 2.34. The number of carbonyl (C=O) groups is 3. The van der Waals surface area contributed by atoms with Crippen molar-refractivity contribution in [3.63, 3.8) is 0 Å². The van der Waals surface area contributed by atoms with E-state index in [1.807, 2.05) is 61.1 Å². The summed E-state index contributed by atoms with van der Waals surface area (Å²) in [5, 5.41) is 11.8. The standard InChI is InChI=1S/C37H41N11O4/c1-5-47-28(16-22(3)43-47)30(49)20-32-41-35-27(10-9-13-39-35)45(32)14-7-8-15-46-33-26(18-25(34(38)50)19-31(33)52-21-24-11-12-24)40-37(46)42-36(51)29-17-23(4)44-48(29)6-2/h7-10,13,16-19,24H,5-6,11-12,14-15,20-21H2,1-4H3,(H2,38,50)(H,40,42,51)/b8-7+. The van der Waals surface area contributed by atoms with E-state index in [9.17, 15) is 14.4 Å². The molecule has 0 bridgehead atoms. The van der Waals surface area contributed by atoms with Crippen LogP contribution in [0.15, 0.2) is 54.7 Å². The molecule has 5 heterocycles. The van der Waals surface area contributed by atoms with Gasteiger partial charge >= 0.3 is 0 Å². The number of nitrogens with two attached hydrogens (primary N) is 1. The molecule has 0 unspecified atom stereocenters. The summed E-state index contributed by atoms with van der Waals surface area (Å²) >= 11 is 0. The zero-order valence-corrected chi connectivity index (χ0v) is 29.7. The topological polar surface area (TPSA) is 183 Å². The van der Waals surface area contributed by atoms with Gasteiger partial charge in [-0.3, -0.25) is 29.1 Å². The van der Waals surface area contributed by atoms with Crippen molar-refractivity contribution in [2.45, 2.75) is 73.1 Å². The van der Waals surface area contributed by atoms with Crippen LogP contribution in [0.1, 0.15) is 75.2 Å². The van der Waals surface area contributed by atoms with Crippen molar-refractivity contribution < 1.29 is 19.1 Å². The smallest absolute Gasteiger partial charge is 0.276 e. The number of amides is 2. The van der Waals surface area contributed by atoms with Crippen molar-refractivity contribution in [1.29, 1.82) is 0 Å². The van der Waals surface area contributed by atoms with Crippen LogP contribution in [-0.4, -0.2) is 67.9 Å². The van der Waals surface area contributed by atoms with Crippen molar-refractivity contribution >= 4 is 45.7 Å². The van der Waals surface area contributed by atoms with Gasteiger partial charge in [0, 0.05) is 37.9 Å². The van der Waals surface area contributed by atoms with E-state index in [-0.39, 0.29) is 29.6 Å². The minimum absolute atomic E-state index is 0.0787. The van der Waals surface area contributed by atoms with Crippen LogP contribution in [0.5, 0.6) is 5.75 Å². The zero-order chi connectivity index (χ0) is 36.5. The predicted molar refractivity (Wildman–Crippen MR) is 194 cm³/mol. The molecule has 2 amide bonds. The molecule has 0 atom stereocenters. The number of hydrogen-bond acceptors (Lipinski definition) is 9. The molecule has 15 nitrogen and oxygen atoms in total. The third-order valence-corrected chi connectivity index (χ3v) is 9.07. The molecule has 1 aliphatic carbocycles. The van der Waals surface area contributed by atoms with Gasteiger partial charge < -0.3 is 19.6 Å². The first-order chi connectivity index (χ1) is 25.1. The van der Waals surface area contributed by atoms with Gasteiger partial charge in [0.25, 0.3) is 5.91 Å². The Morgan fingerprint density at radius 1 is 0.942 bits per heavy atom. The monoisotopic (exact) mass is 703 g/mol. The number of nitrogens with one attached hydrogen (secondary N) is 1. The second kappa shape index (κ2) is 14.2. The fraction of sp³-hybridized carbons (Fsp3) is 0.351. The van der Waals surface area contributed by atoms with Crippen LogP contribution in [0.4, 0.5) is 5.95 Å². The lowest BCUT2D eigenvalue weighted by molar-refractivity contribution is 0.0976. The highest BCUT2D eigenvalue weighted by molar-refractivity contribution is 6.04. The molecule has 7 rings (SSSR count). The Bertz CT molecular complexity index is 2360. The normalized spacial score (nSPS) is 13.1. The number of pyridine rings is 1. The van der Waals surface area contributed by atoms with Gasteiger partial charge in [-0.05, 0) is 82.9 Å². The van der Waals surface area contributed by atoms with Crippen LogP contribution in [0.2, 0.25) is 0 Å². The number of benzene rings is 1. The third kappa shape index (κ3) is 6.93. The fourth-order valence-corrected chi connectivity index (χ4v) is 6.33. The Morgan fingerprint density at radius 3 is 2.33 bits per heavy atom. The maximum absolute atomic E-state index is 13.6. The van der Waals surface area contributed by atoms with E-state index in [4.69, 9.17) is 20.4 Å². The highest BCUT2D eigenvalue weighted by atomic mass is 16.5.